The fourth-order valence-corrected chi connectivity index (χ4v) is 3.98. The molecule has 0 spiro atoms. The minimum Gasteiger partial charge on any atom is -0.496 e. The largest absolute Gasteiger partial charge is 0.496 e. The van der Waals surface area contributed by atoms with Crippen molar-refractivity contribution in [3.05, 3.63) is 58.7 Å². The molecule has 0 heterocycles. The second kappa shape index (κ2) is 13.2. The van der Waals surface area contributed by atoms with E-state index in [2.05, 4.69) is 0 Å². The van der Waals surface area contributed by atoms with Crippen LogP contribution >= 0.6 is 0 Å². The van der Waals surface area contributed by atoms with E-state index in [0.29, 0.717) is 46.0 Å². The highest BCUT2D eigenvalue weighted by Gasteiger charge is 2.14. The van der Waals surface area contributed by atoms with E-state index < -0.39 is 0 Å². The maximum Gasteiger partial charge on any atom is 0.203 e. The SMILES string of the molecule is COc1cc(OC)c(/C=C/c2cc(OC)c(OC)c(OC)c2)cc1/C=C/c1cc(OC)c(OC)c(OC)c1. The molecule has 0 aromatic heterocycles. The summed E-state index contributed by atoms with van der Waals surface area (Å²) in [4.78, 5) is 0. The second-order valence-corrected chi connectivity index (χ2v) is 7.92. The molecule has 0 radical (unpaired) electrons. The minimum atomic E-state index is 0.536. The molecule has 0 unspecified atom stereocenters. The van der Waals surface area contributed by atoms with Gasteiger partial charge in [-0.2, -0.15) is 0 Å². The van der Waals surface area contributed by atoms with Crippen molar-refractivity contribution in [3.63, 3.8) is 0 Å². The van der Waals surface area contributed by atoms with Crippen LogP contribution in [0.1, 0.15) is 22.3 Å². The van der Waals surface area contributed by atoms with Gasteiger partial charge in [0.2, 0.25) is 11.5 Å². The van der Waals surface area contributed by atoms with Crippen molar-refractivity contribution in [2.24, 2.45) is 0 Å². The highest BCUT2D eigenvalue weighted by molar-refractivity contribution is 5.80. The standard InChI is InChI=1S/C30H34O8/c1-31-23-18-24(32-2)22(12-10-20-15-27(35-5)30(38-8)28(16-20)36-6)17-21(23)11-9-19-13-25(33-3)29(37-7)26(14-19)34-4/h9-18H,1-8H3/b11-9+,12-10+. The maximum atomic E-state index is 5.63. The van der Waals surface area contributed by atoms with Gasteiger partial charge in [-0.3, -0.25) is 0 Å². The number of ether oxygens (including phenoxy) is 8. The van der Waals surface area contributed by atoms with Gasteiger partial charge < -0.3 is 37.9 Å². The summed E-state index contributed by atoms with van der Waals surface area (Å²) >= 11 is 0. The van der Waals surface area contributed by atoms with Crippen LogP contribution in [-0.4, -0.2) is 56.9 Å². The summed E-state index contributed by atoms with van der Waals surface area (Å²) in [6.07, 6.45) is 7.80. The zero-order chi connectivity index (χ0) is 27.7. The van der Waals surface area contributed by atoms with Crippen LogP contribution in [0.15, 0.2) is 36.4 Å². The van der Waals surface area contributed by atoms with Crippen molar-refractivity contribution in [2.75, 3.05) is 56.9 Å². The van der Waals surface area contributed by atoms with Gasteiger partial charge in [0.25, 0.3) is 0 Å². The third-order valence-electron chi connectivity index (χ3n) is 5.87. The van der Waals surface area contributed by atoms with Crippen LogP contribution in [0.4, 0.5) is 0 Å². The molecule has 0 amide bonds. The zero-order valence-corrected chi connectivity index (χ0v) is 23.0. The quantitative estimate of drug-likeness (QED) is 0.264. The summed E-state index contributed by atoms with van der Waals surface area (Å²) in [5.41, 5.74) is 3.44. The van der Waals surface area contributed by atoms with Gasteiger partial charge in [-0.05, 0) is 41.5 Å². The van der Waals surface area contributed by atoms with Crippen molar-refractivity contribution in [2.45, 2.75) is 0 Å². The van der Waals surface area contributed by atoms with Crippen LogP contribution in [0.5, 0.6) is 46.0 Å². The molecule has 0 aliphatic carbocycles. The van der Waals surface area contributed by atoms with Crippen LogP contribution in [-0.2, 0) is 0 Å². The van der Waals surface area contributed by atoms with Gasteiger partial charge in [0.05, 0.1) is 56.9 Å². The van der Waals surface area contributed by atoms with Gasteiger partial charge >= 0.3 is 0 Å². The van der Waals surface area contributed by atoms with Crippen LogP contribution in [0.3, 0.4) is 0 Å². The summed E-state index contributed by atoms with van der Waals surface area (Å²) in [6, 6.07) is 11.3. The van der Waals surface area contributed by atoms with Crippen LogP contribution < -0.4 is 37.9 Å². The number of rotatable bonds is 12. The lowest BCUT2D eigenvalue weighted by Gasteiger charge is -2.14. The lowest BCUT2D eigenvalue weighted by molar-refractivity contribution is 0.324. The molecule has 3 rings (SSSR count). The Morgan fingerprint density at radius 2 is 0.658 bits per heavy atom. The molecule has 8 nitrogen and oxygen atoms in total. The van der Waals surface area contributed by atoms with E-state index >= 15 is 0 Å². The Labute approximate surface area is 223 Å². The molecule has 0 aliphatic heterocycles. The van der Waals surface area contributed by atoms with Crippen LogP contribution in [0.25, 0.3) is 24.3 Å². The first-order valence-corrected chi connectivity index (χ1v) is 11.7. The first-order valence-electron chi connectivity index (χ1n) is 11.7. The van der Waals surface area contributed by atoms with E-state index in [-0.39, 0.29) is 0 Å². The van der Waals surface area contributed by atoms with E-state index in [1.54, 1.807) is 56.9 Å². The van der Waals surface area contributed by atoms with Crippen LogP contribution in [0.2, 0.25) is 0 Å². The Kier molecular flexibility index (Phi) is 9.76. The minimum absolute atomic E-state index is 0.536. The monoisotopic (exact) mass is 522 g/mol. The van der Waals surface area contributed by atoms with E-state index in [1.807, 2.05) is 60.7 Å². The first-order chi connectivity index (χ1) is 18.5. The molecule has 0 saturated heterocycles. The Hall–Kier alpha value is -4.46. The molecule has 202 valence electrons. The molecule has 0 saturated carbocycles. The maximum absolute atomic E-state index is 5.63. The molecule has 0 aliphatic rings. The highest BCUT2D eigenvalue weighted by Crippen LogP contribution is 2.40. The second-order valence-electron chi connectivity index (χ2n) is 7.92. The lowest BCUT2D eigenvalue weighted by atomic mass is 10.0. The van der Waals surface area contributed by atoms with Gasteiger partial charge in [0.15, 0.2) is 23.0 Å². The average Bonchev–Trinajstić information content (AvgIpc) is 2.97. The number of hydrogen-bond acceptors (Lipinski definition) is 8. The summed E-state index contributed by atoms with van der Waals surface area (Å²) in [5.74, 6) is 4.68. The van der Waals surface area contributed by atoms with Crippen molar-refractivity contribution in [3.8, 4) is 46.0 Å². The summed E-state index contributed by atoms with van der Waals surface area (Å²) in [6.45, 7) is 0. The lowest BCUT2D eigenvalue weighted by Crippen LogP contribution is -1.96. The topological polar surface area (TPSA) is 73.8 Å². The summed E-state index contributed by atoms with van der Waals surface area (Å²) < 4.78 is 44.0. The Bertz CT molecular complexity index is 1160. The third-order valence-corrected chi connectivity index (χ3v) is 5.87. The van der Waals surface area contributed by atoms with E-state index in [9.17, 15) is 0 Å². The van der Waals surface area contributed by atoms with Crippen molar-refractivity contribution in [1.29, 1.82) is 0 Å². The molecule has 8 heteroatoms. The first kappa shape index (κ1) is 28.1. The predicted octanol–water partition coefficient (Wildman–Crippen LogP) is 6.10. The van der Waals surface area contributed by atoms with Gasteiger partial charge in [-0.25, -0.2) is 0 Å². The zero-order valence-electron chi connectivity index (χ0n) is 23.0. The number of methoxy groups -OCH3 is 8. The van der Waals surface area contributed by atoms with Gasteiger partial charge in [0, 0.05) is 17.2 Å². The van der Waals surface area contributed by atoms with Gasteiger partial charge in [0.1, 0.15) is 11.5 Å². The smallest absolute Gasteiger partial charge is 0.203 e. The van der Waals surface area contributed by atoms with E-state index in [4.69, 9.17) is 37.9 Å². The predicted molar refractivity (Wildman–Crippen MR) is 150 cm³/mol. The van der Waals surface area contributed by atoms with Crippen LogP contribution in [0, 0.1) is 0 Å². The highest BCUT2D eigenvalue weighted by atomic mass is 16.5. The fraction of sp³-hybridized carbons (Fsp3) is 0.267. The van der Waals surface area contributed by atoms with Crippen molar-refractivity contribution >= 4 is 24.3 Å². The Morgan fingerprint density at radius 1 is 0.342 bits per heavy atom. The molecule has 0 bridgehead atoms. The number of hydrogen-bond donors (Lipinski definition) is 0. The Morgan fingerprint density at radius 3 is 0.921 bits per heavy atom. The molecule has 38 heavy (non-hydrogen) atoms. The van der Waals surface area contributed by atoms with Gasteiger partial charge in [-0.1, -0.05) is 24.3 Å². The van der Waals surface area contributed by atoms with Crippen molar-refractivity contribution in [1.82, 2.24) is 0 Å². The van der Waals surface area contributed by atoms with Gasteiger partial charge in [-0.15, -0.1) is 0 Å². The van der Waals surface area contributed by atoms with E-state index in [1.165, 1.54) is 0 Å². The fourth-order valence-electron chi connectivity index (χ4n) is 3.98. The van der Waals surface area contributed by atoms with Crippen molar-refractivity contribution < 1.29 is 37.9 Å². The Balaban J connectivity index is 2.03. The molecular weight excluding hydrogens is 488 g/mol. The normalized spacial score (nSPS) is 10.9. The molecule has 3 aromatic carbocycles. The molecule has 0 fully saturated rings. The molecular formula is C30H34O8. The summed E-state index contributed by atoms with van der Waals surface area (Å²) in [7, 11) is 12.7. The molecule has 3 aromatic rings. The molecule has 0 atom stereocenters. The molecule has 0 N–H and O–H groups in total. The average molecular weight is 523 g/mol. The van der Waals surface area contributed by atoms with E-state index in [0.717, 1.165) is 22.3 Å². The number of benzene rings is 3. The third kappa shape index (κ3) is 6.08. The summed E-state index contributed by atoms with van der Waals surface area (Å²) in [5, 5.41) is 0.